The second-order valence-corrected chi connectivity index (χ2v) is 4.97. The molecule has 0 atom stereocenters. The molecule has 0 bridgehead atoms. The highest BCUT2D eigenvalue weighted by molar-refractivity contribution is 6.04. The van der Waals surface area contributed by atoms with Gasteiger partial charge in [0.25, 0.3) is 5.91 Å². The van der Waals surface area contributed by atoms with Gasteiger partial charge in [-0.05, 0) is 35.7 Å². The monoisotopic (exact) mass is 271 g/mol. The molecule has 0 heterocycles. The van der Waals surface area contributed by atoms with Gasteiger partial charge in [-0.3, -0.25) is 4.79 Å². The van der Waals surface area contributed by atoms with Crippen molar-refractivity contribution in [1.82, 2.24) is 0 Å². The molecule has 0 saturated carbocycles. The van der Waals surface area contributed by atoms with E-state index in [2.05, 4.69) is 19.2 Å². The van der Waals surface area contributed by atoms with Crippen LogP contribution in [0.3, 0.4) is 0 Å². The minimum Gasteiger partial charge on any atom is -0.508 e. The van der Waals surface area contributed by atoms with Crippen molar-refractivity contribution in [2.45, 2.75) is 19.8 Å². The zero-order chi connectivity index (χ0) is 14.7. The zero-order valence-electron chi connectivity index (χ0n) is 11.4. The van der Waals surface area contributed by atoms with Crippen LogP contribution in [0.1, 0.15) is 35.7 Å². The Kier molecular flexibility index (Phi) is 3.94. The van der Waals surface area contributed by atoms with Crippen molar-refractivity contribution < 1.29 is 15.0 Å². The number of nitrogens with one attached hydrogen (secondary N) is 1. The smallest absolute Gasteiger partial charge is 0.255 e. The minimum atomic E-state index is -0.378. The summed E-state index contributed by atoms with van der Waals surface area (Å²) in [5.74, 6) is -0.300. The first-order chi connectivity index (χ1) is 9.45. The van der Waals surface area contributed by atoms with Crippen LogP contribution in [0.5, 0.6) is 11.5 Å². The van der Waals surface area contributed by atoms with Crippen molar-refractivity contribution in [2.24, 2.45) is 0 Å². The van der Waals surface area contributed by atoms with Gasteiger partial charge < -0.3 is 15.5 Å². The van der Waals surface area contributed by atoms with E-state index in [-0.39, 0.29) is 23.0 Å². The highest BCUT2D eigenvalue weighted by Gasteiger charge is 2.09. The molecule has 1 amide bonds. The first-order valence-electron chi connectivity index (χ1n) is 6.40. The Morgan fingerprint density at radius 2 is 1.70 bits per heavy atom. The predicted octanol–water partition coefficient (Wildman–Crippen LogP) is 3.47. The number of carbonyl (C=O) groups excluding carboxylic acids is 1. The van der Waals surface area contributed by atoms with Crippen molar-refractivity contribution in [3.63, 3.8) is 0 Å². The summed E-state index contributed by atoms with van der Waals surface area (Å²) in [6.45, 7) is 4.16. The maximum absolute atomic E-state index is 12.1. The average molecular weight is 271 g/mol. The number of amides is 1. The molecular formula is C16H17NO3. The number of benzene rings is 2. The number of rotatable bonds is 3. The van der Waals surface area contributed by atoms with Gasteiger partial charge in [0.1, 0.15) is 11.5 Å². The Labute approximate surface area is 117 Å². The maximum atomic E-state index is 12.1. The quantitative estimate of drug-likeness (QED) is 0.800. The van der Waals surface area contributed by atoms with Gasteiger partial charge in [-0.2, -0.15) is 0 Å². The van der Waals surface area contributed by atoms with Gasteiger partial charge >= 0.3 is 0 Å². The Balaban J connectivity index is 2.21. The zero-order valence-corrected chi connectivity index (χ0v) is 11.4. The summed E-state index contributed by atoms with van der Waals surface area (Å²) in [4.78, 5) is 12.1. The van der Waals surface area contributed by atoms with E-state index in [0.29, 0.717) is 11.6 Å². The Morgan fingerprint density at radius 3 is 2.30 bits per heavy atom. The molecular weight excluding hydrogens is 254 g/mol. The molecule has 2 aromatic carbocycles. The molecule has 4 heteroatoms. The van der Waals surface area contributed by atoms with Gasteiger partial charge in [-0.25, -0.2) is 0 Å². The summed E-state index contributed by atoms with van der Waals surface area (Å²) in [6.07, 6.45) is 0. The van der Waals surface area contributed by atoms with Gasteiger partial charge in [0.2, 0.25) is 0 Å². The van der Waals surface area contributed by atoms with E-state index in [0.717, 1.165) is 5.56 Å². The highest BCUT2D eigenvalue weighted by atomic mass is 16.3. The average Bonchev–Trinajstić information content (AvgIpc) is 2.37. The van der Waals surface area contributed by atoms with E-state index in [1.54, 1.807) is 6.07 Å². The number of anilines is 1. The van der Waals surface area contributed by atoms with Gasteiger partial charge in [0.05, 0.1) is 0 Å². The van der Waals surface area contributed by atoms with Crippen LogP contribution >= 0.6 is 0 Å². The lowest BCUT2D eigenvalue weighted by Crippen LogP contribution is -2.11. The molecule has 0 aliphatic carbocycles. The molecule has 2 aromatic rings. The molecule has 0 unspecified atom stereocenters. The van der Waals surface area contributed by atoms with Gasteiger partial charge in [0.15, 0.2) is 0 Å². The first kappa shape index (κ1) is 13.9. The summed E-state index contributed by atoms with van der Waals surface area (Å²) in [7, 11) is 0. The maximum Gasteiger partial charge on any atom is 0.255 e. The fraction of sp³-hybridized carbons (Fsp3) is 0.188. The lowest BCUT2D eigenvalue weighted by molar-refractivity contribution is 0.102. The van der Waals surface area contributed by atoms with Crippen molar-refractivity contribution in [1.29, 1.82) is 0 Å². The van der Waals surface area contributed by atoms with E-state index in [4.69, 9.17) is 0 Å². The molecule has 0 spiro atoms. The Morgan fingerprint density at radius 1 is 1.05 bits per heavy atom. The van der Waals surface area contributed by atoms with Crippen LogP contribution in [-0.4, -0.2) is 16.1 Å². The Hall–Kier alpha value is -2.49. The molecule has 0 aliphatic heterocycles. The summed E-state index contributed by atoms with van der Waals surface area (Å²) in [5, 5.41) is 21.5. The van der Waals surface area contributed by atoms with Crippen molar-refractivity contribution in [3.05, 3.63) is 53.6 Å². The van der Waals surface area contributed by atoms with E-state index in [1.165, 1.54) is 18.2 Å². The van der Waals surface area contributed by atoms with Crippen molar-refractivity contribution in [3.8, 4) is 11.5 Å². The van der Waals surface area contributed by atoms with Gasteiger partial charge in [-0.15, -0.1) is 0 Å². The van der Waals surface area contributed by atoms with E-state index >= 15 is 0 Å². The van der Waals surface area contributed by atoms with Gasteiger partial charge in [0, 0.05) is 17.3 Å². The predicted molar refractivity (Wildman–Crippen MR) is 78.3 cm³/mol. The number of carbonyl (C=O) groups is 1. The molecule has 4 nitrogen and oxygen atoms in total. The SMILES string of the molecule is CC(C)c1cccc(NC(=O)c2cc(O)cc(O)c2)c1. The van der Waals surface area contributed by atoms with Crippen LogP contribution in [-0.2, 0) is 0 Å². The Bertz CT molecular complexity index is 615. The second-order valence-electron chi connectivity index (χ2n) is 4.97. The van der Waals surface area contributed by atoms with E-state index in [9.17, 15) is 15.0 Å². The summed E-state index contributed by atoms with van der Waals surface area (Å²) < 4.78 is 0. The van der Waals surface area contributed by atoms with Crippen LogP contribution in [0.25, 0.3) is 0 Å². The first-order valence-corrected chi connectivity index (χ1v) is 6.40. The third kappa shape index (κ3) is 3.29. The van der Waals surface area contributed by atoms with E-state index in [1.807, 2.05) is 18.2 Å². The van der Waals surface area contributed by atoms with Crippen LogP contribution in [0.15, 0.2) is 42.5 Å². The van der Waals surface area contributed by atoms with Gasteiger partial charge in [-0.1, -0.05) is 26.0 Å². The molecule has 2 rings (SSSR count). The summed E-state index contributed by atoms with van der Waals surface area (Å²) in [5.41, 5.74) is 2.02. The lowest BCUT2D eigenvalue weighted by Gasteiger charge is -2.10. The van der Waals surface area contributed by atoms with Crippen molar-refractivity contribution >= 4 is 11.6 Å². The van der Waals surface area contributed by atoms with E-state index < -0.39 is 0 Å². The largest absolute Gasteiger partial charge is 0.508 e. The van der Waals surface area contributed by atoms with Crippen LogP contribution < -0.4 is 5.32 Å². The normalized spacial score (nSPS) is 10.6. The molecule has 20 heavy (non-hydrogen) atoms. The summed E-state index contributed by atoms with van der Waals surface area (Å²) in [6, 6.07) is 11.4. The molecule has 0 fully saturated rings. The highest BCUT2D eigenvalue weighted by Crippen LogP contribution is 2.22. The second kappa shape index (κ2) is 5.65. The molecule has 0 aromatic heterocycles. The number of hydrogen-bond acceptors (Lipinski definition) is 3. The molecule has 104 valence electrons. The summed E-state index contributed by atoms with van der Waals surface area (Å²) >= 11 is 0. The topological polar surface area (TPSA) is 69.6 Å². The van der Waals surface area contributed by atoms with Crippen LogP contribution in [0.4, 0.5) is 5.69 Å². The number of phenols is 2. The molecule has 0 radical (unpaired) electrons. The fourth-order valence-corrected chi connectivity index (χ4v) is 1.91. The number of phenolic OH excluding ortho intramolecular Hbond substituents is 2. The van der Waals surface area contributed by atoms with Crippen LogP contribution in [0, 0.1) is 0 Å². The third-order valence-corrected chi connectivity index (χ3v) is 2.98. The lowest BCUT2D eigenvalue weighted by atomic mass is 10.0. The molecule has 3 N–H and O–H groups in total. The molecule has 0 saturated heterocycles. The number of hydrogen-bond donors (Lipinski definition) is 3. The molecule has 0 aliphatic rings. The standard InChI is InChI=1S/C16H17NO3/c1-10(2)11-4-3-5-13(6-11)17-16(20)12-7-14(18)9-15(19)8-12/h3-10,18-19H,1-2H3,(H,17,20). The number of aromatic hydroxyl groups is 2. The minimum absolute atomic E-state index is 0.147. The van der Waals surface area contributed by atoms with Crippen molar-refractivity contribution in [2.75, 3.05) is 5.32 Å². The van der Waals surface area contributed by atoms with Crippen LogP contribution in [0.2, 0.25) is 0 Å². The third-order valence-electron chi connectivity index (χ3n) is 2.98. The fourth-order valence-electron chi connectivity index (χ4n) is 1.91.